The Balaban J connectivity index is 4.29. The average Bonchev–Trinajstić information content (AvgIpc) is 2.55. The fourth-order valence-corrected chi connectivity index (χ4v) is 2.78. The molecule has 0 aromatic carbocycles. The maximum atomic E-state index is 3.85. The Morgan fingerprint density at radius 1 is 1.00 bits per heavy atom. The van der Waals surface area contributed by atoms with Crippen LogP contribution in [0.3, 0.4) is 0 Å². The van der Waals surface area contributed by atoms with Gasteiger partial charge in [-0.15, -0.1) is 13.2 Å². The van der Waals surface area contributed by atoms with Gasteiger partial charge in [0.25, 0.3) is 0 Å². The molecule has 146 valence electrons. The first-order chi connectivity index (χ1) is 11.8. The summed E-state index contributed by atoms with van der Waals surface area (Å²) in [6.45, 7) is 27.0. The monoisotopic (exact) mass is 348 g/mol. The Kier molecular flexibility index (Phi) is 12.7. The van der Waals surface area contributed by atoms with Crippen LogP contribution in [0.4, 0.5) is 0 Å². The molecule has 0 bridgehead atoms. The first-order valence-corrected chi connectivity index (χ1v) is 10.1. The van der Waals surface area contributed by atoms with Gasteiger partial charge in [-0.3, -0.25) is 4.90 Å². The highest BCUT2D eigenvalue weighted by Crippen LogP contribution is 2.27. The maximum absolute atomic E-state index is 3.85. The van der Waals surface area contributed by atoms with Crippen LogP contribution in [0, 0.1) is 17.3 Å². The minimum Gasteiger partial charge on any atom is -0.378 e. The molecule has 0 heterocycles. The van der Waals surface area contributed by atoms with Gasteiger partial charge in [-0.05, 0) is 56.2 Å². The second-order valence-electron chi connectivity index (χ2n) is 8.48. The molecule has 0 spiro atoms. The van der Waals surface area contributed by atoms with Crippen LogP contribution in [0.25, 0.3) is 0 Å². The van der Waals surface area contributed by atoms with Crippen LogP contribution in [-0.4, -0.2) is 42.5 Å². The number of hydrogen-bond acceptors (Lipinski definition) is 2. The molecule has 0 aliphatic rings. The molecule has 0 fully saturated rings. The molecule has 0 aliphatic heterocycles. The van der Waals surface area contributed by atoms with Gasteiger partial charge >= 0.3 is 0 Å². The van der Waals surface area contributed by atoms with E-state index < -0.39 is 0 Å². The highest BCUT2D eigenvalue weighted by Gasteiger charge is 2.18. The molecule has 0 aromatic heterocycles. The SMILES string of the molecule is C=CCN(CC=C)CCC(C)(C)CC/C=C/N(CC)CC(C)C(C)C. The third-order valence-corrected chi connectivity index (χ3v) is 5.25. The molecule has 25 heavy (non-hydrogen) atoms. The first-order valence-electron chi connectivity index (χ1n) is 10.1. The molecule has 0 radical (unpaired) electrons. The summed E-state index contributed by atoms with van der Waals surface area (Å²) in [6, 6.07) is 0. The molecule has 0 amide bonds. The van der Waals surface area contributed by atoms with Gasteiger partial charge in [0.05, 0.1) is 0 Å². The Hall–Kier alpha value is -1.02. The quantitative estimate of drug-likeness (QED) is 0.336. The van der Waals surface area contributed by atoms with Gasteiger partial charge in [-0.25, -0.2) is 0 Å². The summed E-state index contributed by atoms with van der Waals surface area (Å²) in [4.78, 5) is 4.86. The van der Waals surface area contributed by atoms with Crippen LogP contribution in [0.2, 0.25) is 0 Å². The van der Waals surface area contributed by atoms with Crippen molar-refractivity contribution in [2.24, 2.45) is 17.3 Å². The van der Waals surface area contributed by atoms with Gasteiger partial charge in [0.1, 0.15) is 0 Å². The lowest BCUT2D eigenvalue weighted by molar-refractivity contribution is 0.236. The van der Waals surface area contributed by atoms with Gasteiger partial charge in [-0.1, -0.05) is 52.8 Å². The Labute approximate surface area is 158 Å². The largest absolute Gasteiger partial charge is 0.378 e. The van der Waals surface area contributed by atoms with E-state index in [0.717, 1.165) is 51.0 Å². The lowest BCUT2D eigenvalue weighted by Crippen LogP contribution is -2.28. The van der Waals surface area contributed by atoms with Crippen LogP contribution in [0.15, 0.2) is 37.6 Å². The zero-order valence-corrected chi connectivity index (χ0v) is 17.9. The van der Waals surface area contributed by atoms with Gasteiger partial charge in [0, 0.05) is 26.2 Å². The van der Waals surface area contributed by atoms with E-state index in [1.165, 1.54) is 12.8 Å². The summed E-state index contributed by atoms with van der Waals surface area (Å²) in [5.41, 5.74) is 0.368. The summed E-state index contributed by atoms with van der Waals surface area (Å²) in [5.74, 6) is 1.48. The lowest BCUT2D eigenvalue weighted by Gasteiger charge is -2.28. The van der Waals surface area contributed by atoms with Crippen LogP contribution in [0.5, 0.6) is 0 Å². The van der Waals surface area contributed by atoms with Crippen molar-refractivity contribution in [2.75, 3.05) is 32.7 Å². The van der Waals surface area contributed by atoms with Crippen LogP contribution >= 0.6 is 0 Å². The fourth-order valence-electron chi connectivity index (χ4n) is 2.78. The third kappa shape index (κ3) is 12.0. The van der Waals surface area contributed by atoms with Gasteiger partial charge in [0.2, 0.25) is 0 Å². The molecule has 0 aliphatic carbocycles. The predicted octanol–water partition coefficient (Wildman–Crippen LogP) is 5.98. The molecule has 0 saturated carbocycles. The fraction of sp³-hybridized carbons (Fsp3) is 0.739. The number of rotatable bonds is 15. The molecular weight excluding hydrogens is 304 g/mol. The molecule has 0 rings (SSSR count). The summed E-state index contributed by atoms with van der Waals surface area (Å²) in [6.07, 6.45) is 12.2. The van der Waals surface area contributed by atoms with E-state index in [1.54, 1.807) is 0 Å². The van der Waals surface area contributed by atoms with Crippen LogP contribution < -0.4 is 0 Å². The van der Waals surface area contributed by atoms with Crippen molar-refractivity contribution in [3.05, 3.63) is 37.6 Å². The van der Waals surface area contributed by atoms with E-state index in [0.29, 0.717) is 5.41 Å². The summed E-state index contributed by atoms with van der Waals surface area (Å²) in [5, 5.41) is 0. The molecular formula is C23H44N2. The number of nitrogens with zero attached hydrogens (tertiary/aromatic N) is 2. The van der Waals surface area contributed by atoms with Crippen molar-refractivity contribution < 1.29 is 0 Å². The first kappa shape index (κ1) is 24.0. The maximum Gasteiger partial charge on any atom is 0.0200 e. The molecule has 1 unspecified atom stereocenters. The topological polar surface area (TPSA) is 6.48 Å². The summed E-state index contributed by atoms with van der Waals surface area (Å²) in [7, 11) is 0. The second-order valence-corrected chi connectivity index (χ2v) is 8.48. The van der Waals surface area contributed by atoms with Crippen molar-refractivity contribution in [2.45, 2.75) is 60.8 Å². The standard InChI is InChI=1S/C23H44N2/c1-9-16-25(17-10-2)19-15-23(7,8)14-12-13-18-24(11-3)20-22(6)21(4)5/h9-10,13,18,21-22H,1-2,11-12,14-17,19-20H2,3-8H3/b18-13+. The van der Waals surface area contributed by atoms with E-state index in [9.17, 15) is 0 Å². The van der Waals surface area contributed by atoms with Crippen molar-refractivity contribution >= 4 is 0 Å². The van der Waals surface area contributed by atoms with Crippen LogP contribution in [-0.2, 0) is 0 Å². The molecule has 0 saturated heterocycles. The minimum atomic E-state index is 0.368. The second kappa shape index (κ2) is 13.2. The smallest absolute Gasteiger partial charge is 0.0200 e. The third-order valence-electron chi connectivity index (χ3n) is 5.25. The highest BCUT2D eigenvalue weighted by atomic mass is 15.1. The summed E-state index contributed by atoms with van der Waals surface area (Å²) < 4.78 is 0. The minimum absolute atomic E-state index is 0.368. The van der Waals surface area contributed by atoms with Gasteiger partial charge in [0.15, 0.2) is 0 Å². The number of hydrogen-bond donors (Lipinski definition) is 0. The molecule has 2 nitrogen and oxygen atoms in total. The van der Waals surface area contributed by atoms with E-state index in [1.807, 2.05) is 12.2 Å². The van der Waals surface area contributed by atoms with E-state index in [4.69, 9.17) is 0 Å². The highest BCUT2D eigenvalue weighted by molar-refractivity contribution is 4.86. The normalized spacial score (nSPS) is 13.6. The molecule has 0 N–H and O–H groups in total. The van der Waals surface area contributed by atoms with E-state index >= 15 is 0 Å². The van der Waals surface area contributed by atoms with Crippen molar-refractivity contribution in [1.82, 2.24) is 9.80 Å². The molecule has 0 aromatic rings. The Morgan fingerprint density at radius 3 is 2.08 bits per heavy atom. The average molecular weight is 349 g/mol. The lowest BCUT2D eigenvalue weighted by atomic mass is 9.84. The van der Waals surface area contributed by atoms with Crippen LogP contribution in [0.1, 0.15) is 60.8 Å². The molecule has 2 heteroatoms. The van der Waals surface area contributed by atoms with Gasteiger partial charge < -0.3 is 4.90 Å². The van der Waals surface area contributed by atoms with E-state index in [-0.39, 0.29) is 0 Å². The Morgan fingerprint density at radius 2 is 1.60 bits per heavy atom. The summed E-state index contributed by atoms with van der Waals surface area (Å²) >= 11 is 0. The Bertz CT molecular complexity index is 372. The van der Waals surface area contributed by atoms with Gasteiger partial charge in [-0.2, -0.15) is 0 Å². The van der Waals surface area contributed by atoms with Crippen molar-refractivity contribution in [3.8, 4) is 0 Å². The van der Waals surface area contributed by atoms with Crippen molar-refractivity contribution in [3.63, 3.8) is 0 Å². The van der Waals surface area contributed by atoms with Crippen molar-refractivity contribution in [1.29, 1.82) is 0 Å². The predicted molar refractivity (Wildman–Crippen MR) is 115 cm³/mol. The number of allylic oxidation sites excluding steroid dienone is 1. The zero-order valence-electron chi connectivity index (χ0n) is 17.9. The van der Waals surface area contributed by atoms with E-state index in [2.05, 4.69) is 76.8 Å². The molecule has 1 atom stereocenters. The zero-order chi connectivity index (χ0) is 19.3.